The topological polar surface area (TPSA) is 55.1 Å². The molecule has 0 amide bonds. The number of aromatic nitrogens is 2. The molecule has 0 aliphatic heterocycles. The van der Waals surface area contributed by atoms with E-state index in [2.05, 4.69) is 5.10 Å². The summed E-state index contributed by atoms with van der Waals surface area (Å²) in [6.07, 6.45) is 4.33. The van der Waals surface area contributed by atoms with Crippen molar-refractivity contribution in [2.75, 3.05) is 0 Å². The lowest BCUT2D eigenvalue weighted by Gasteiger charge is -1.94. The minimum atomic E-state index is -0.949. The standard InChI is InChI=1S/C8H10N2O2/c1-6-5-9-10(2)7(6)3-4-8(11)12/h3-5H,1-2H3,(H,11,12)/b4-3+. The van der Waals surface area contributed by atoms with Crippen LogP contribution < -0.4 is 0 Å². The van der Waals surface area contributed by atoms with Gasteiger partial charge in [-0.3, -0.25) is 4.68 Å². The Kier molecular flexibility index (Phi) is 2.28. The number of hydrogen-bond acceptors (Lipinski definition) is 2. The van der Waals surface area contributed by atoms with Gasteiger partial charge >= 0.3 is 5.97 Å². The smallest absolute Gasteiger partial charge is 0.328 e. The molecule has 0 atom stereocenters. The number of nitrogens with zero attached hydrogens (tertiary/aromatic N) is 2. The molecule has 12 heavy (non-hydrogen) atoms. The van der Waals surface area contributed by atoms with Gasteiger partial charge in [-0.1, -0.05) is 0 Å². The summed E-state index contributed by atoms with van der Waals surface area (Å²) in [6.45, 7) is 1.88. The van der Waals surface area contributed by atoms with Gasteiger partial charge in [0.05, 0.1) is 11.9 Å². The molecule has 0 radical (unpaired) electrons. The van der Waals surface area contributed by atoms with E-state index in [1.165, 1.54) is 6.08 Å². The molecule has 0 saturated carbocycles. The molecule has 4 heteroatoms. The fourth-order valence-corrected chi connectivity index (χ4v) is 0.946. The quantitative estimate of drug-likeness (QED) is 0.662. The van der Waals surface area contributed by atoms with E-state index in [0.717, 1.165) is 17.3 Å². The van der Waals surface area contributed by atoms with Crippen LogP contribution in [0.5, 0.6) is 0 Å². The lowest BCUT2D eigenvalue weighted by molar-refractivity contribution is -0.131. The number of carboxylic acids is 1. The first-order valence-corrected chi connectivity index (χ1v) is 3.51. The largest absolute Gasteiger partial charge is 0.478 e. The van der Waals surface area contributed by atoms with Crippen molar-refractivity contribution < 1.29 is 9.90 Å². The molecule has 1 rings (SSSR count). The first-order chi connectivity index (χ1) is 5.61. The molecule has 1 aromatic rings. The maximum atomic E-state index is 10.2. The summed E-state index contributed by atoms with van der Waals surface area (Å²) >= 11 is 0. The number of carboxylic acid groups (broad SMARTS) is 1. The third kappa shape index (κ3) is 1.72. The Hall–Kier alpha value is -1.58. The maximum Gasteiger partial charge on any atom is 0.328 e. The molecule has 0 fully saturated rings. The number of aliphatic carboxylic acids is 1. The number of rotatable bonds is 2. The summed E-state index contributed by atoms with van der Waals surface area (Å²) in [5.41, 5.74) is 1.78. The van der Waals surface area contributed by atoms with Crippen molar-refractivity contribution in [2.24, 2.45) is 7.05 Å². The Morgan fingerprint density at radius 2 is 2.42 bits per heavy atom. The molecule has 0 spiro atoms. The van der Waals surface area contributed by atoms with Gasteiger partial charge in [-0.25, -0.2) is 4.79 Å². The molecule has 0 aromatic carbocycles. The zero-order chi connectivity index (χ0) is 9.14. The van der Waals surface area contributed by atoms with Crippen molar-refractivity contribution in [3.8, 4) is 0 Å². The van der Waals surface area contributed by atoms with E-state index < -0.39 is 5.97 Å². The van der Waals surface area contributed by atoms with Crippen LogP contribution in [0.15, 0.2) is 12.3 Å². The Bertz CT molecular complexity index is 306. The number of aryl methyl sites for hydroxylation is 2. The molecule has 4 nitrogen and oxygen atoms in total. The van der Waals surface area contributed by atoms with Crippen molar-refractivity contribution in [3.63, 3.8) is 0 Å². The van der Waals surface area contributed by atoms with Gasteiger partial charge < -0.3 is 5.11 Å². The predicted octanol–water partition coefficient (Wildman–Crippen LogP) is 0.826. The SMILES string of the molecule is Cc1cnn(C)c1/C=C/C(=O)O. The van der Waals surface area contributed by atoms with Crippen molar-refractivity contribution in [1.29, 1.82) is 0 Å². The van der Waals surface area contributed by atoms with E-state index in [9.17, 15) is 4.79 Å². The lowest BCUT2D eigenvalue weighted by Crippen LogP contribution is -1.94. The molecule has 1 heterocycles. The van der Waals surface area contributed by atoms with Crippen LogP contribution in [0.1, 0.15) is 11.3 Å². The summed E-state index contributed by atoms with van der Waals surface area (Å²) < 4.78 is 1.63. The summed E-state index contributed by atoms with van der Waals surface area (Å²) in [5, 5.41) is 12.3. The highest BCUT2D eigenvalue weighted by atomic mass is 16.4. The molecule has 1 aromatic heterocycles. The minimum Gasteiger partial charge on any atom is -0.478 e. The molecule has 1 N–H and O–H groups in total. The Morgan fingerprint density at radius 3 is 2.83 bits per heavy atom. The van der Waals surface area contributed by atoms with Crippen molar-refractivity contribution in [1.82, 2.24) is 9.78 Å². The fourth-order valence-electron chi connectivity index (χ4n) is 0.946. The van der Waals surface area contributed by atoms with Crippen molar-refractivity contribution in [2.45, 2.75) is 6.92 Å². The van der Waals surface area contributed by atoms with Gasteiger partial charge in [0.2, 0.25) is 0 Å². The van der Waals surface area contributed by atoms with Crippen molar-refractivity contribution >= 4 is 12.0 Å². The number of hydrogen-bond donors (Lipinski definition) is 1. The van der Waals surface area contributed by atoms with Crippen LogP contribution in [-0.4, -0.2) is 20.9 Å². The third-order valence-corrected chi connectivity index (χ3v) is 1.56. The molecular formula is C8H10N2O2. The zero-order valence-electron chi connectivity index (χ0n) is 6.98. The van der Waals surface area contributed by atoms with Crippen LogP contribution in [0.4, 0.5) is 0 Å². The number of carbonyl (C=O) groups is 1. The molecule has 0 saturated heterocycles. The summed E-state index contributed by atoms with van der Waals surface area (Å²) in [5.74, 6) is -0.949. The van der Waals surface area contributed by atoms with Crippen LogP contribution in [0, 0.1) is 6.92 Å². The Morgan fingerprint density at radius 1 is 1.75 bits per heavy atom. The van der Waals surface area contributed by atoms with Crippen LogP contribution >= 0.6 is 0 Å². The maximum absolute atomic E-state index is 10.2. The van der Waals surface area contributed by atoms with Crippen LogP contribution in [-0.2, 0) is 11.8 Å². The van der Waals surface area contributed by atoms with E-state index in [0.29, 0.717) is 0 Å². The first kappa shape index (κ1) is 8.52. The summed E-state index contributed by atoms with van der Waals surface area (Å²) in [7, 11) is 1.77. The van der Waals surface area contributed by atoms with Crippen LogP contribution in [0.2, 0.25) is 0 Å². The van der Waals surface area contributed by atoms with E-state index in [4.69, 9.17) is 5.11 Å². The summed E-state index contributed by atoms with van der Waals surface area (Å²) in [6, 6.07) is 0. The van der Waals surface area contributed by atoms with Gasteiger partial charge in [-0.05, 0) is 18.6 Å². The summed E-state index contributed by atoms with van der Waals surface area (Å²) in [4.78, 5) is 10.2. The van der Waals surface area contributed by atoms with Crippen LogP contribution in [0.3, 0.4) is 0 Å². The molecule has 0 unspecified atom stereocenters. The normalized spacial score (nSPS) is 10.8. The van der Waals surface area contributed by atoms with Crippen LogP contribution in [0.25, 0.3) is 6.08 Å². The Labute approximate surface area is 70.1 Å². The molecule has 0 aliphatic rings. The average Bonchev–Trinajstić information content (AvgIpc) is 2.28. The highest BCUT2D eigenvalue weighted by Crippen LogP contribution is 2.06. The van der Waals surface area contributed by atoms with E-state index in [1.807, 2.05) is 6.92 Å². The van der Waals surface area contributed by atoms with Gasteiger partial charge in [0.1, 0.15) is 0 Å². The fraction of sp³-hybridized carbons (Fsp3) is 0.250. The van der Waals surface area contributed by atoms with E-state index >= 15 is 0 Å². The molecule has 0 aliphatic carbocycles. The second-order valence-corrected chi connectivity index (χ2v) is 2.51. The highest BCUT2D eigenvalue weighted by Gasteiger charge is 1.99. The predicted molar refractivity (Wildman–Crippen MR) is 44.6 cm³/mol. The molecule has 0 bridgehead atoms. The van der Waals surface area contributed by atoms with Gasteiger partial charge in [-0.2, -0.15) is 5.10 Å². The highest BCUT2D eigenvalue weighted by molar-refractivity contribution is 5.85. The second kappa shape index (κ2) is 3.21. The van der Waals surface area contributed by atoms with Gasteiger partial charge in [-0.15, -0.1) is 0 Å². The van der Waals surface area contributed by atoms with E-state index in [1.54, 1.807) is 17.9 Å². The van der Waals surface area contributed by atoms with Gasteiger partial charge in [0, 0.05) is 13.1 Å². The monoisotopic (exact) mass is 166 g/mol. The Balaban J connectivity index is 2.95. The van der Waals surface area contributed by atoms with Crippen molar-refractivity contribution in [3.05, 3.63) is 23.5 Å². The van der Waals surface area contributed by atoms with Gasteiger partial charge in [0.25, 0.3) is 0 Å². The van der Waals surface area contributed by atoms with E-state index in [-0.39, 0.29) is 0 Å². The molecular weight excluding hydrogens is 156 g/mol. The minimum absolute atomic E-state index is 0.817. The first-order valence-electron chi connectivity index (χ1n) is 3.51. The average molecular weight is 166 g/mol. The van der Waals surface area contributed by atoms with Gasteiger partial charge in [0.15, 0.2) is 0 Å². The lowest BCUT2D eigenvalue weighted by atomic mass is 10.2. The molecule has 64 valence electrons. The second-order valence-electron chi connectivity index (χ2n) is 2.51. The zero-order valence-corrected chi connectivity index (χ0v) is 6.98. The third-order valence-electron chi connectivity index (χ3n) is 1.56.